The summed E-state index contributed by atoms with van der Waals surface area (Å²) in [5.41, 5.74) is -0.949. The van der Waals surface area contributed by atoms with E-state index in [1.54, 1.807) is 0 Å². The third-order valence-corrected chi connectivity index (χ3v) is 3.84. The molecule has 1 fully saturated rings. The van der Waals surface area contributed by atoms with Crippen molar-refractivity contribution >= 4 is 17.5 Å². The molecule has 1 saturated heterocycles. The molecule has 0 unspecified atom stereocenters. The van der Waals surface area contributed by atoms with Crippen molar-refractivity contribution in [2.75, 3.05) is 19.1 Å². The number of ether oxygens (including phenoxy) is 1. The number of benzene rings is 1. The molecule has 1 amide bonds. The smallest absolute Gasteiger partial charge is 0.251 e. The Hall–Kier alpha value is -1.27. The number of alkyl halides is 1. The molecular formula is C13H13ClF3NO2. The highest BCUT2D eigenvalue weighted by Crippen LogP contribution is 2.23. The minimum Gasteiger partial charge on any atom is -0.381 e. The van der Waals surface area contributed by atoms with E-state index in [-0.39, 0.29) is 11.4 Å². The van der Waals surface area contributed by atoms with Crippen LogP contribution in [0.3, 0.4) is 0 Å². The zero-order valence-corrected chi connectivity index (χ0v) is 11.3. The largest absolute Gasteiger partial charge is 0.381 e. The molecule has 1 heterocycles. The fraction of sp³-hybridized carbons (Fsp3) is 0.462. The van der Waals surface area contributed by atoms with Crippen LogP contribution in [0.4, 0.5) is 13.2 Å². The molecule has 7 heteroatoms. The van der Waals surface area contributed by atoms with Gasteiger partial charge in [-0.25, -0.2) is 13.2 Å². The number of hydrogen-bond donors (Lipinski definition) is 1. The predicted octanol–water partition coefficient (Wildman–Crippen LogP) is 2.62. The van der Waals surface area contributed by atoms with Crippen LogP contribution in [0.2, 0.25) is 0 Å². The quantitative estimate of drug-likeness (QED) is 0.688. The number of amides is 1. The van der Waals surface area contributed by atoms with Gasteiger partial charge >= 0.3 is 0 Å². The van der Waals surface area contributed by atoms with Gasteiger partial charge in [0, 0.05) is 24.7 Å². The molecule has 3 nitrogen and oxygen atoms in total. The van der Waals surface area contributed by atoms with Crippen LogP contribution in [0.5, 0.6) is 0 Å². The molecule has 1 aliphatic heterocycles. The number of carbonyl (C=O) groups excluding carboxylic acids is 1. The van der Waals surface area contributed by atoms with E-state index >= 15 is 0 Å². The number of carbonyl (C=O) groups is 1. The second-order valence-electron chi connectivity index (χ2n) is 4.73. The Labute approximate surface area is 119 Å². The lowest BCUT2D eigenvalue weighted by Gasteiger charge is -2.36. The van der Waals surface area contributed by atoms with E-state index in [9.17, 15) is 18.0 Å². The molecule has 1 aromatic rings. The van der Waals surface area contributed by atoms with Gasteiger partial charge in [0.1, 0.15) is 0 Å². The van der Waals surface area contributed by atoms with Crippen LogP contribution in [-0.4, -0.2) is 30.5 Å². The van der Waals surface area contributed by atoms with Crippen molar-refractivity contribution in [3.05, 3.63) is 35.1 Å². The van der Waals surface area contributed by atoms with Crippen LogP contribution < -0.4 is 5.32 Å². The third-order valence-electron chi connectivity index (χ3n) is 3.33. The number of nitrogens with one attached hydrogen (secondary N) is 1. The minimum absolute atomic E-state index is 0.161. The van der Waals surface area contributed by atoms with Crippen molar-refractivity contribution in [2.45, 2.75) is 18.4 Å². The van der Waals surface area contributed by atoms with E-state index < -0.39 is 28.9 Å². The van der Waals surface area contributed by atoms with E-state index in [2.05, 4.69) is 5.32 Å². The van der Waals surface area contributed by atoms with E-state index in [0.717, 1.165) is 0 Å². The van der Waals surface area contributed by atoms with E-state index in [1.807, 2.05) is 0 Å². The summed E-state index contributed by atoms with van der Waals surface area (Å²) in [6.45, 7) is 0.887. The van der Waals surface area contributed by atoms with Gasteiger partial charge in [-0.1, -0.05) is 0 Å². The maximum absolute atomic E-state index is 13.1. The van der Waals surface area contributed by atoms with Crippen molar-refractivity contribution in [3.8, 4) is 0 Å². The maximum atomic E-state index is 13.1. The van der Waals surface area contributed by atoms with Gasteiger partial charge < -0.3 is 10.1 Å². The van der Waals surface area contributed by atoms with Crippen LogP contribution in [-0.2, 0) is 4.74 Å². The Bertz CT molecular complexity index is 495. The van der Waals surface area contributed by atoms with Gasteiger partial charge in [-0.3, -0.25) is 4.79 Å². The topological polar surface area (TPSA) is 38.3 Å². The summed E-state index contributed by atoms with van der Waals surface area (Å²) >= 11 is 5.88. The lowest BCUT2D eigenvalue weighted by atomic mass is 9.92. The van der Waals surface area contributed by atoms with E-state index in [1.165, 1.54) is 0 Å². The lowest BCUT2D eigenvalue weighted by Crippen LogP contribution is -2.53. The highest BCUT2D eigenvalue weighted by atomic mass is 35.5. The molecule has 1 N–H and O–H groups in total. The van der Waals surface area contributed by atoms with Gasteiger partial charge in [0.25, 0.3) is 5.91 Å². The Morgan fingerprint density at radius 2 is 1.80 bits per heavy atom. The van der Waals surface area contributed by atoms with Crippen molar-refractivity contribution in [1.29, 1.82) is 0 Å². The van der Waals surface area contributed by atoms with Crippen LogP contribution >= 0.6 is 11.6 Å². The van der Waals surface area contributed by atoms with Gasteiger partial charge in [0.05, 0.1) is 5.54 Å². The summed E-state index contributed by atoms with van der Waals surface area (Å²) in [7, 11) is 0. The Morgan fingerprint density at radius 3 is 2.30 bits per heavy atom. The summed E-state index contributed by atoms with van der Waals surface area (Å²) in [6.07, 6.45) is 1.02. The monoisotopic (exact) mass is 307 g/mol. The molecule has 0 spiro atoms. The van der Waals surface area contributed by atoms with Crippen molar-refractivity contribution < 1.29 is 22.7 Å². The molecule has 110 valence electrons. The molecule has 1 aliphatic rings. The average Bonchev–Trinajstić information content (AvgIpc) is 2.45. The molecule has 1 aromatic carbocycles. The third kappa shape index (κ3) is 3.07. The molecule has 20 heavy (non-hydrogen) atoms. The normalized spacial score (nSPS) is 17.8. The van der Waals surface area contributed by atoms with Crippen LogP contribution in [0.15, 0.2) is 12.1 Å². The average molecular weight is 308 g/mol. The SMILES string of the molecule is O=C(NC1(CCl)CCOCC1)c1cc(F)c(F)c(F)c1. The number of rotatable bonds is 3. The Balaban J connectivity index is 2.19. The van der Waals surface area contributed by atoms with Crippen LogP contribution in [0.25, 0.3) is 0 Å². The molecule has 0 atom stereocenters. The summed E-state index contributed by atoms with van der Waals surface area (Å²) < 4.78 is 44.3. The molecule has 2 rings (SSSR count). The van der Waals surface area contributed by atoms with E-state index in [4.69, 9.17) is 16.3 Å². The number of hydrogen-bond acceptors (Lipinski definition) is 2. The maximum Gasteiger partial charge on any atom is 0.251 e. The molecule has 0 saturated carbocycles. The minimum atomic E-state index is -1.60. The standard InChI is InChI=1S/C13H13ClF3NO2/c14-7-13(1-3-20-4-2-13)18-12(19)8-5-9(15)11(17)10(16)6-8/h5-6H,1-4,7H2,(H,18,19). The Kier molecular flexibility index (Phi) is 4.55. The first-order valence-corrected chi connectivity index (χ1v) is 6.62. The lowest BCUT2D eigenvalue weighted by molar-refractivity contribution is 0.0433. The fourth-order valence-electron chi connectivity index (χ4n) is 2.05. The first-order valence-electron chi connectivity index (χ1n) is 6.08. The summed E-state index contributed by atoms with van der Waals surface area (Å²) in [4.78, 5) is 12.0. The van der Waals surface area contributed by atoms with Gasteiger partial charge in [-0.15, -0.1) is 11.6 Å². The molecule has 0 bridgehead atoms. The highest BCUT2D eigenvalue weighted by molar-refractivity contribution is 6.19. The number of halogens is 4. The second kappa shape index (κ2) is 6.01. The fourth-order valence-corrected chi connectivity index (χ4v) is 2.39. The Morgan fingerprint density at radius 1 is 1.25 bits per heavy atom. The second-order valence-corrected chi connectivity index (χ2v) is 5.00. The van der Waals surface area contributed by atoms with Gasteiger partial charge in [0.2, 0.25) is 0 Å². The van der Waals surface area contributed by atoms with E-state index in [0.29, 0.717) is 38.2 Å². The zero-order valence-electron chi connectivity index (χ0n) is 10.5. The molecule has 0 aromatic heterocycles. The first kappa shape index (κ1) is 15.1. The predicted molar refractivity (Wildman–Crippen MR) is 67.3 cm³/mol. The summed E-state index contributed by atoms with van der Waals surface area (Å²) in [5.74, 6) is -4.93. The molecular weight excluding hydrogens is 295 g/mol. The van der Waals surface area contributed by atoms with Crippen LogP contribution in [0.1, 0.15) is 23.2 Å². The zero-order chi connectivity index (χ0) is 14.8. The van der Waals surface area contributed by atoms with Crippen molar-refractivity contribution in [2.24, 2.45) is 0 Å². The van der Waals surface area contributed by atoms with Crippen LogP contribution in [0, 0.1) is 17.5 Å². The van der Waals surface area contributed by atoms with Gasteiger partial charge in [-0.2, -0.15) is 0 Å². The highest BCUT2D eigenvalue weighted by Gasteiger charge is 2.33. The van der Waals surface area contributed by atoms with Crippen molar-refractivity contribution in [3.63, 3.8) is 0 Å². The van der Waals surface area contributed by atoms with Gasteiger partial charge in [-0.05, 0) is 25.0 Å². The first-order chi connectivity index (χ1) is 9.47. The summed E-state index contributed by atoms with van der Waals surface area (Å²) in [5, 5.41) is 2.67. The van der Waals surface area contributed by atoms with Crippen molar-refractivity contribution in [1.82, 2.24) is 5.32 Å². The van der Waals surface area contributed by atoms with Gasteiger partial charge in [0.15, 0.2) is 17.5 Å². The summed E-state index contributed by atoms with van der Waals surface area (Å²) in [6, 6.07) is 1.32. The molecule has 0 aliphatic carbocycles. The molecule has 0 radical (unpaired) electrons.